The lowest BCUT2D eigenvalue weighted by Gasteiger charge is -2.39. The van der Waals surface area contributed by atoms with Crippen LogP contribution in [0.1, 0.15) is 28.2 Å². The zero-order chi connectivity index (χ0) is 25.4. The number of carbonyl (C=O) groups is 1. The molecule has 178 valence electrons. The molecule has 2 aliphatic rings. The molecule has 1 saturated heterocycles. The Morgan fingerprint density at radius 2 is 1.69 bits per heavy atom. The predicted molar refractivity (Wildman–Crippen MR) is 155 cm³/mol. The number of allylic oxidation sites excluding steroid dienone is 5. The fourth-order valence-electron chi connectivity index (χ4n) is 4.92. The lowest BCUT2D eigenvalue weighted by Crippen LogP contribution is -2.43. The molecular weight excluding hydrogens is 596 g/mol. The monoisotopic (exact) mass is 616 g/mol. The molecule has 0 radical (unpaired) electrons. The third-order valence-corrected chi connectivity index (χ3v) is 9.53. The van der Waals surface area contributed by atoms with Crippen LogP contribution in [0.2, 0.25) is 0 Å². The third kappa shape index (κ3) is 4.10. The number of hydrogen-bond acceptors (Lipinski definition) is 4. The molecule has 0 aromatic heterocycles. The van der Waals surface area contributed by atoms with Gasteiger partial charge in [-0.2, -0.15) is 5.26 Å². The van der Waals surface area contributed by atoms with Crippen LogP contribution in [0.3, 0.4) is 0 Å². The van der Waals surface area contributed by atoms with Gasteiger partial charge < -0.3 is 5.73 Å². The Bertz CT molecular complexity index is 1510. The van der Waals surface area contributed by atoms with Gasteiger partial charge in [-0.05, 0) is 47.4 Å². The van der Waals surface area contributed by atoms with Gasteiger partial charge in [-0.1, -0.05) is 104 Å². The van der Waals surface area contributed by atoms with Crippen molar-refractivity contribution in [2.75, 3.05) is 5.75 Å². The number of thioether (sulfide) groups is 1. The van der Waals surface area contributed by atoms with Gasteiger partial charge in [-0.3, -0.25) is 4.79 Å². The van der Waals surface area contributed by atoms with Gasteiger partial charge in [0, 0.05) is 26.3 Å². The van der Waals surface area contributed by atoms with Crippen LogP contribution in [0, 0.1) is 23.7 Å². The summed E-state index contributed by atoms with van der Waals surface area (Å²) in [6.45, 7) is 2.03. The maximum atomic E-state index is 14.3. The van der Waals surface area contributed by atoms with Crippen LogP contribution in [-0.4, -0.2) is 11.5 Å². The van der Waals surface area contributed by atoms with Crippen LogP contribution in [0.15, 0.2) is 104 Å². The normalized spacial score (nSPS) is 22.7. The van der Waals surface area contributed by atoms with Crippen molar-refractivity contribution in [1.29, 1.82) is 5.26 Å². The first kappa shape index (κ1) is 24.8. The highest BCUT2D eigenvalue weighted by Gasteiger charge is 2.56. The lowest BCUT2D eigenvalue weighted by atomic mass is 9.63. The first-order valence-electron chi connectivity index (χ1n) is 11.4. The molecule has 0 unspecified atom stereocenters. The number of hydrogen-bond donors (Lipinski definition) is 1. The Kier molecular flexibility index (Phi) is 6.82. The molecule has 3 nitrogen and oxygen atoms in total. The Morgan fingerprint density at radius 1 is 1.03 bits per heavy atom. The summed E-state index contributed by atoms with van der Waals surface area (Å²) >= 11 is 8.79. The molecule has 3 aromatic rings. The van der Waals surface area contributed by atoms with Crippen LogP contribution in [0.5, 0.6) is 0 Å². The summed E-state index contributed by atoms with van der Waals surface area (Å²) in [5, 5.41) is 10.2. The largest absolute Gasteiger partial charge is 0.400 e. The fraction of sp³-hybridized carbons (Fsp3) is 0.133. The summed E-state index contributed by atoms with van der Waals surface area (Å²) in [5.74, 6) is 0.0723. The van der Waals surface area contributed by atoms with E-state index in [-0.39, 0.29) is 11.7 Å². The molecule has 1 aliphatic heterocycles. The summed E-state index contributed by atoms with van der Waals surface area (Å²) in [7, 11) is 0. The molecule has 0 bridgehead atoms. The lowest BCUT2D eigenvalue weighted by molar-refractivity contribution is -0.121. The maximum Gasteiger partial charge on any atom is 0.183 e. The van der Waals surface area contributed by atoms with Crippen molar-refractivity contribution in [1.82, 2.24) is 0 Å². The van der Waals surface area contributed by atoms with Gasteiger partial charge in [0.15, 0.2) is 5.78 Å². The number of rotatable bonds is 3. The second-order valence-electron chi connectivity index (χ2n) is 8.97. The van der Waals surface area contributed by atoms with Gasteiger partial charge in [-0.25, -0.2) is 0 Å². The van der Waals surface area contributed by atoms with E-state index in [1.54, 1.807) is 0 Å². The molecule has 36 heavy (non-hydrogen) atoms. The number of Topliss-reactive ketones (excluding diaryl/α,β-unsaturated/α-hetero) is 1. The minimum absolute atomic E-state index is 0.0477. The first-order valence-corrected chi connectivity index (χ1v) is 14.0. The average molecular weight is 618 g/mol. The number of aryl methyl sites for hydroxylation is 1. The smallest absolute Gasteiger partial charge is 0.183 e. The van der Waals surface area contributed by atoms with Gasteiger partial charge in [0.05, 0.1) is 15.9 Å². The molecule has 1 aliphatic carbocycles. The minimum Gasteiger partial charge on any atom is -0.400 e. The molecule has 1 fully saturated rings. The number of ketones is 1. The van der Waals surface area contributed by atoms with Crippen molar-refractivity contribution in [2.24, 2.45) is 11.1 Å². The maximum absolute atomic E-state index is 14.3. The van der Waals surface area contributed by atoms with Crippen molar-refractivity contribution >= 4 is 61.1 Å². The van der Waals surface area contributed by atoms with Crippen molar-refractivity contribution in [3.05, 3.63) is 126 Å². The summed E-state index contributed by atoms with van der Waals surface area (Å²) in [4.78, 5) is 14.9. The van der Waals surface area contributed by atoms with Crippen LogP contribution in [0.25, 0.3) is 11.6 Å². The Balaban J connectivity index is 1.72. The van der Waals surface area contributed by atoms with E-state index in [0.717, 1.165) is 36.8 Å². The van der Waals surface area contributed by atoms with Gasteiger partial charge >= 0.3 is 0 Å². The van der Waals surface area contributed by atoms with E-state index < -0.39 is 5.41 Å². The van der Waals surface area contributed by atoms with E-state index in [9.17, 15) is 10.1 Å². The van der Waals surface area contributed by atoms with Gasteiger partial charge in [0.25, 0.3) is 0 Å². The molecule has 6 heteroatoms. The molecule has 3 aromatic carbocycles. The molecule has 0 amide bonds. The van der Waals surface area contributed by atoms with E-state index in [0.29, 0.717) is 21.9 Å². The van der Waals surface area contributed by atoms with Gasteiger partial charge in [0.2, 0.25) is 0 Å². The Morgan fingerprint density at radius 3 is 2.36 bits per heavy atom. The highest BCUT2D eigenvalue weighted by atomic mass is 79.9. The summed E-state index contributed by atoms with van der Waals surface area (Å²) in [6, 6.07) is 26.1. The van der Waals surface area contributed by atoms with Crippen molar-refractivity contribution < 1.29 is 4.79 Å². The number of halogens is 2. The van der Waals surface area contributed by atoms with Crippen molar-refractivity contribution in [3.63, 3.8) is 0 Å². The van der Waals surface area contributed by atoms with Crippen molar-refractivity contribution in [2.45, 2.75) is 12.8 Å². The number of nitrogens with two attached hydrogens (primary N) is 1. The quantitative estimate of drug-likeness (QED) is 0.305. The fourth-order valence-corrected chi connectivity index (χ4v) is 7.22. The van der Waals surface area contributed by atoms with E-state index in [2.05, 4.69) is 44.0 Å². The SMILES string of the molecule is Cc1ccc(C2=C[C@@H](c3ccccc3Br)[C@]3(CS/C(=C\c4ccccc4Br)C3=O)C(N)=C2C#N)cc1. The van der Waals surface area contributed by atoms with Crippen molar-refractivity contribution in [3.8, 4) is 6.07 Å². The standard InChI is InChI=1S/C30H22Br2N2OS/c1-18-10-12-19(13-11-18)22-15-24(21-7-3-5-9-26(21)32)30(28(34)23(22)16-33)17-36-27(29(30)35)14-20-6-2-4-8-25(20)31/h2-15,24H,17,34H2,1H3/b27-14-/t24-,30+/m0/s1. The second kappa shape index (κ2) is 9.89. The molecule has 1 heterocycles. The molecular formula is C30H22Br2N2OS. The van der Waals surface area contributed by atoms with Gasteiger partial charge in [0.1, 0.15) is 6.07 Å². The first-order chi connectivity index (χ1) is 17.4. The van der Waals surface area contributed by atoms with E-state index >= 15 is 0 Å². The molecule has 2 N–H and O–H groups in total. The number of benzene rings is 3. The van der Waals surface area contributed by atoms with Crippen LogP contribution in [-0.2, 0) is 4.79 Å². The van der Waals surface area contributed by atoms with E-state index in [1.807, 2.05) is 85.8 Å². The summed E-state index contributed by atoms with van der Waals surface area (Å²) in [6.07, 6.45) is 3.99. The van der Waals surface area contributed by atoms with Crippen LogP contribution in [0.4, 0.5) is 0 Å². The van der Waals surface area contributed by atoms with Crippen LogP contribution < -0.4 is 5.73 Å². The van der Waals surface area contributed by atoms with E-state index in [1.165, 1.54) is 11.8 Å². The Hall–Kier alpha value is -2.85. The highest BCUT2D eigenvalue weighted by molar-refractivity contribution is 9.10. The molecule has 0 saturated carbocycles. The highest BCUT2D eigenvalue weighted by Crippen LogP contribution is 2.58. The average Bonchev–Trinajstić information content (AvgIpc) is 3.20. The van der Waals surface area contributed by atoms with E-state index in [4.69, 9.17) is 5.73 Å². The second-order valence-corrected chi connectivity index (χ2v) is 11.7. The summed E-state index contributed by atoms with van der Waals surface area (Å²) < 4.78 is 1.82. The van der Waals surface area contributed by atoms with Crippen LogP contribution >= 0.6 is 43.6 Å². The third-order valence-electron chi connectivity index (χ3n) is 6.87. The zero-order valence-corrected chi connectivity index (χ0v) is 23.5. The summed E-state index contributed by atoms with van der Waals surface area (Å²) in [5.41, 5.74) is 11.2. The number of nitrogens with zero attached hydrogens (tertiary/aromatic N) is 1. The molecule has 1 spiro atoms. The predicted octanol–water partition coefficient (Wildman–Crippen LogP) is 7.78. The minimum atomic E-state index is -1.05. The number of carbonyl (C=O) groups excluding carboxylic acids is 1. The molecule has 2 atom stereocenters. The Labute approximate surface area is 232 Å². The zero-order valence-electron chi connectivity index (χ0n) is 19.5. The van der Waals surface area contributed by atoms with Gasteiger partial charge in [-0.15, -0.1) is 11.8 Å². The topological polar surface area (TPSA) is 66.9 Å². The number of nitriles is 1. The molecule has 5 rings (SSSR count).